The van der Waals surface area contributed by atoms with Gasteiger partial charge >= 0.3 is 0 Å². The molecule has 0 saturated carbocycles. The summed E-state index contributed by atoms with van der Waals surface area (Å²) in [6, 6.07) is 25.7. The van der Waals surface area contributed by atoms with E-state index < -0.39 is 11.2 Å². The Bertz CT molecular complexity index is 1400. The lowest BCUT2D eigenvalue weighted by Gasteiger charge is -2.19. The SMILES string of the molecule is CCCCc1ccc(CC2S/C(=C(/C#N)C(=O)Nc3ccccc3C)N(c3ccc(C(C)C)cc3)C2=O)cc1. The molecular weight excluding hydrogens is 502 g/mol. The maximum atomic E-state index is 13.8. The van der Waals surface area contributed by atoms with Crippen LogP contribution in [0.1, 0.15) is 61.8 Å². The van der Waals surface area contributed by atoms with E-state index in [-0.39, 0.29) is 11.5 Å². The van der Waals surface area contributed by atoms with Crippen molar-refractivity contribution in [2.24, 2.45) is 0 Å². The number of nitrogens with zero attached hydrogens (tertiary/aromatic N) is 2. The number of hydrogen-bond donors (Lipinski definition) is 1. The molecule has 1 heterocycles. The summed E-state index contributed by atoms with van der Waals surface area (Å²) in [5.41, 5.74) is 5.62. The minimum absolute atomic E-state index is 0.0676. The van der Waals surface area contributed by atoms with Crippen LogP contribution >= 0.6 is 11.8 Å². The molecule has 0 aliphatic carbocycles. The van der Waals surface area contributed by atoms with Gasteiger partial charge in [-0.3, -0.25) is 14.5 Å². The van der Waals surface area contributed by atoms with Gasteiger partial charge in [0.05, 0.1) is 5.25 Å². The fraction of sp³-hybridized carbons (Fsp3) is 0.303. The molecule has 1 saturated heterocycles. The van der Waals surface area contributed by atoms with Gasteiger partial charge in [-0.05, 0) is 72.6 Å². The predicted octanol–water partition coefficient (Wildman–Crippen LogP) is 7.53. The van der Waals surface area contributed by atoms with E-state index in [1.165, 1.54) is 17.3 Å². The lowest BCUT2D eigenvalue weighted by Crippen LogP contribution is -2.31. The molecule has 1 atom stereocenters. The molecule has 0 radical (unpaired) electrons. The first-order valence-electron chi connectivity index (χ1n) is 13.5. The van der Waals surface area contributed by atoms with Gasteiger partial charge < -0.3 is 5.32 Å². The molecule has 1 aliphatic rings. The summed E-state index contributed by atoms with van der Waals surface area (Å²) >= 11 is 1.29. The maximum Gasteiger partial charge on any atom is 0.269 e. The summed E-state index contributed by atoms with van der Waals surface area (Å²) in [7, 11) is 0. The summed E-state index contributed by atoms with van der Waals surface area (Å²) < 4.78 is 0. The van der Waals surface area contributed by atoms with Gasteiger partial charge in [0.25, 0.3) is 5.91 Å². The van der Waals surface area contributed by atoms with E-state index in [0.29, 0.717) is 28.7 Å². The Morgan fingerprint density at radius 2 is 1.69 bits per heavy atom. The standard InChI is InChI=1S/C33H35N3O2S/c1-5-6-10-24-12-14-25(15-13-24)20-30-32(38)36(27-18-16-26(17-19-27)22(2)3)33(39-30)28(21-34)31(37)35-29-11-8-7-9-23(29)4/h7-9,11-19,22,30H,5-6,10,20H2,1-4H3,(H,35,37)/b33-28-. The van der Waals surface area contributed by atoms with E-state index in [9.17, 15) is 14.9 Å². The van der Waals surface area contributed by atoms with Crippen LogP contribution in [0, 0.1) is 18.3 Å². The number of anilines is 2. The van der Waals surface area contributed by atoms with Crippen LogP contribution in [-0.2, 0) is 22.4 Å². The van der Waals surface area contributed by atoms with Crippen LogP contribution in [0.4, 0.5) is 11.4 Å². The largest absolute Gasteiger partial charge is 0.321 e. The smallest absolute Gasteiger partial charge is 0.269 e. The first-order valence-corrected chi connectivity index (χ1v) is 14.4. The lowest BCUT2D eigenvalue weighted by molar-refractivity contribution is -0.117. The Balaban J connectivity index is 1.68. The molecule has 0 bridgehead atoms. The number of nitrogens with one attached hydrogen (secondary N) is 1. The van der Waals surface area contributed by atoms with Gasteiger partial charge in [-0.25, -0.2) is 0 Å². The summed E-state index contributed by atoms with van der Waals surface area (Å²) in [6.07, 6.45) is 3.86. The monoisotopic (exact) mass is 537 g/mol. The van der Waals surface area contributed by atoms with Gasteiger partial charge in [0.1, 0.15) is 16.7 Å². The van der Waals surface area contributed by atoms with Crippen molar-refractivity contribution >= 4 is 35.0 Å². The van der Waals surface area contributed by atoms with Crippen molar-refractivity contribution in [2.75, 3.05) is 10.2 Å². The van der Waals surface area contributed by atoms with Crippen molar-refractivity contribution in [2.45, 2.75) is 64.5 Å². The molecule has 1 fully saturated rings. The molecule has 1 aliphatic heterocycles. The number of carbonyl (C=O) groups excluding carboxylic acids is 2. The third-order valence-electron chi connectivity index (χ3n) is 6.98. The number of thioether (sulfide) groups is 1. The van der Waals surface area contributed by atoms with E-state index in [1.54, 1.807) is 11.0 Å². The van der Waals surface area contributed by atoms with E-state index in [2.05, 4.69) is 56.4 Å². The highest BCUT2D eigenvalue weighted by Gasteiger charge is 2.40. The highest BCUT2D eigenvalue weighted by Crippen LogP contribution is 2.42. The zero-order chi connectivity index (χ0) is 27.9. The molecule has 6 heteroatoms. The first kappa shape index (κ1) is 28.2. The Morgan fingerprint density at radius 1 is 1.03 bits per heavy atom. The molecule has 3 aromatic carbocycles. The number of para-hydroxylation sites is 1. The third kappa shape index (κ3) is 6.61. The number of aryl methyl sites for hydroxylation is 2. The number of hydrogen-bond acceptors (Lipinski definition) is 4. The van der Waals surface area contributed by atoms with Crippen LogP contribution in [0.25, 0.3) is 0 Å². The van der Waals surface area contributed by atoms with E-state index in [1.807, 2.05) is 49.4 Å². The second-order valence-corrected chi connectivity index (χ2v) is 11.4. The fourth-order valence-electron chi connectivity index (χ4n) is 4.57. The van der Waals surface area contributed by atoms with Crippen LogP contribution in [0.2, 0.25) is 0 Å². The number of carbonyl (C=O) groups is 2. The van der Waals surface area contributed by atoms with Gasteiger partial charge in [0.2, 0.25) is 5.91 Å². The van der Waals surface area contributed by atoms with Crippen molar-refractivity contribution in [3.63, 3.8) is 0 Å². The van der Waals surface area contributed by atoms with Gasteiger partial charge in [-0.1, -0.05) is 93.6 Å². The third-order valence-corrected chi connectivity index (χ3v) is 8.24. The van der Waals surface area contributed by atoms with Crippen molar-refractivity contribution in [1.29, 1.82) is 5.26 Å². The molecule has 0 aromatic heterocycles. The normalized spacial score (nSPS) is 16.4. The van der Waals surface area contributed by atoms with Crippen LogP contribution in [-0.4, -0.2) is 17.1 Å². The summed E-state index contributed by atoms with van der Waals surface area (Å²) in [5.74, 6) is -0.300. The number of benzene rings is 3. The Labute approximate surface area is 235 Å². The topological polar surface area (TPSA) is 73.2 Å². The maximum absolute atomic E-state index is 13.8. The minimum atomic E-state index is -0.521. The summed E-state index contributed by atoms with van der Waals surface area (Å²) in [4.78, 5) is 28.7. The van der Waals surface area contributed by atoms with Crippen LogP contribution < -0.4 is 10.2 Å². The van der Waals surface area contributed by atoms with E-state index in [4.69, 9.17) is 0 Å². The van der Waals surface area contributed by atoms with E-state index >= 15 is 0 Å². The summed E-state index contributed by atoms with van der Waals surface area (Å²) in [6.45, 7) is 8.31. The highest BCUT2D eigenvalue weighted by atomic mass is 32.2. The fourth-order valence-corrected chi connectivity index (χ4v) is 5.87. The van der Waals surface area contributed by atoms with Crippen LogP contribution in [0.3, 0.4) is 0 Å². The minimum Gasteiger partial charge on any atom is -0.321 e. The molecule has 5 nitrogen and oxygen atoms in total. The Hall–Kier alpha value is -3.82. The molecule has 39 heavy (non-hydrogen) atoms. The quantitative estimate of drug-likeness (QED) is 0.226. The van der Waals surface area contributed by atoms with Gasteiger partial charge in [0, 0.05) is 11.4 Å². The molecular formula is C33H35N3O2S. The molecule has 1 N–H and O–H groups in total. The molecule has 4 rings (SSSR count). The second kappa shape index (κ2) is 12.8. The average molecular weight is 538 g/mol. The highest BCUT2D eigenvalue weighted by molar-refractivity contribution is 8.05. The Kier molecular flexibility index (Phi) is 9.27. The first-order chi connectivity index (χ1) is 18.8. The van der Waals surface area contributed by atoms with Crippen LogP contribution in [0.15, 0.2) is 83.4 Å². The zero-order valence-electron chi connectivity index (χ0n) is 23.0. The molecule has 0 spiro atoms. The van der Waals surface area contributed by atoms with Crippen LogP contribution in [0.5, 0.6) is 0 Å². The molecule has 200 valence electrons. The zero-order valence-corrected chi connectivity index (χ0v) is 23.8. The van der Waals surface area contributed by atoms with Crippen molar-refractivity contribution in [1.82, 2.24) is 0 Å². The number of unbranched alkanes of at least 4 members (excludes halogenated alkanes) is 1. The molecule has 1 unspecified atom stereocenters. The average Bonchev–Trinajstić information content (AvgIpc) is 3.25. The second-order valence-electron chi connectivity index (χ2n) is 10.2. The van der Waals surface area contributed by atoms with Crippen molar-refractivity contribution < 1.29 is 9.59 Å². The Morgan fingerprint density at radius 3 is 2.31 bits per heavy atom. The van der Waals surface area contributed by atoms with Gasteiger partial charge in [-0.15, -0.1) is 0 Å². The predicted molar refractivity (Wildman–Crippen MR) is 161 cm³/mol. The molecule has 3 aromatic rings. The lowest BCUT2D eigenvalue weighted by atomic mass is 10.0. The van der Waals surface area contributed by atoms with Crippen molar-refractivity contribution in [3.8, 4) is 6.07 Å². The number of rotatable bonds is 9. The van der Waals surface area contributed by atoms with Crippen molar-refractivity contribution in [3.05, 3.63) is 106 Å². The molecule has 2 amide bonds. The van der Waals surface area contributed by atoms with Gasteiger partial charge in [0.15, 0.2) is 0 Å². The number of nitriles is 1. The van der Waals surface area contributed by atoms with Gasteiger partial charge in [-0.2, -0.15) is 5.26 Å². The number of amides is 2. The van der Waals surface area contributed by atoms with E-state index in [0.717, 1.165) is 36.0 Å². The summed E-state index contributed by atoms with van der Waals surface area (Å²) in [5, 5.41) is 12.9.